The van der Waals surface area contributed by atoms with Gasteiger partial charge in [-0.2, -0.15) is 0 Å². The average molecular weight is 479 g/mol. The molecule has 6 nitrogen and oxygen atoms in total. The van der Waals surface area contributed by atoms with Gasteiger partial charge in [-0.25, -0.2) is 8.78 Å². The SMILES string of the molecule is COc1ccc(CCN2C(=O)C(=O)/C(=C(/O)c3ccc(F)cc3)C2c2ccc(F)cc2)cc1OC. The van der Waals surface area contributed by atoms with Crippen LogP contribution in [-0.2, 0) is 16.0 Å². The number of ether oxygens (including phenoxy) is 2. The third-order valence-corrected chi connectivity index (χ3v) is 5.93. The number of likely N-dealkylation sites (tertiary alicyclic amines) is 1. The summed E-state index contributed by atoms with van der Waals surface area (Å²) >= 11 is 0. The number of ketones is 1. The van der Waals surface area contributed by atoms with Crippen LogP contribution in [0.3, 0.4) is 0 Å². The van der Waals surface area contributed by atoms with Crippen molar-refractivity contribution in [1.29, 1.82) is 0 Å². The molecule has 3 aromatic rings. The smallest absolute Gasteiger partial charge is 0.295 e. The van der Waals surface area contributed by atoms with Crippen molar-refractivity contribution >= 4 is 17.4 Å². The van der Waals surface area contributed by atoms with Gasteiger partial charge >= 0.3 is 0 Å². The molecule has 0 saturated carbocycles. The van der Waals surface area contributed by atoms with Gasteiger partial charge in [0.1, 0.15) is 17.4 Å². The summed E-state index contributed by atoms with van der Waals surface area (Å²) in [6, 6.07) is 14.7. The van der Waals surface area contributed by atoms with E-state index in [-0.39, 0.29) is 17.7 Å². The number of benzene rings is 3. The van der Waals surface area contributed by atoms with Gasteiger partial charge in [0.05, 0.1) is 25.8 Å². The van der Waals surface area contributed by atoms with Gasteiger partial charge in [0.25, 0.3) is 11.7 Å². The number of amides is 1. The summed E-state index contributed by atoms with van der Waals surface area (Å²) in [6.07, 6.45) is 0.377. The topological polar surface area (TPSA) is 76.1 Å². The molecule has 1 unspecified atom stereocenters. The number of Topliss-reactive ketones (excluding diaryl/α,β-unsaturated/α-hetero) is 1. The second kappa shape index (κ2) is 9.97. The van der Waals surface area contributed by atoms with Crippen LogP contribution in [0, 0.1) is 11.6 Å². The molecule has 1 fully saturated rings. The third kappa shape index (κ3) is 4.73. The number of aliphatic hydroxyl groups is 1. The Morgan fingerprint density at radius 1 is 0.886 bits per heavy atom. The minimum absolute atomic E-state index is 0.138. The van der Waals surface area contributed by atoms with E-state index in [1.54, 1.807) is 12.1 Å². The molecular weight excluding hydrogens is 456 g/mol. The van der Waals surface area contributed by atoms with Gasteiger partial charge in [0.15, 0.2) is 11.5 Å². The molecule has 0 aromatic heterocycles. The fourth-order valence-electron chi connectivity index (χ4n) is 4.15. The second-order valence-electron chi connectivity index (χ2n) is 7.99. The lowest BCUT2D eigenvalue weighted by molar-refractivity contribution is -0.139. The molecule has 0 spiro atoms. The van der Waals surface area contributed by atoms with Crippen molar-refractivity contribution in [2.24, 2.45) is 0 Å². The molecule has 1 atom stereocenters. The molecule has 0 aliphatic carbocycles. The van der Waals surface area contributed by atoms with Gasteiger partial charge in [0.2, 0.25) is 0 Å². The van der Waals surface area contributed by atoms with Crippen molar-refractivity contribution in [1.82, 2.24) is 4.90 Å². The Labute approximate surface area is 201 Å². The third-order valence-electron chi connectivity index (χ3n) is 5.93. The molecule has 1 saturated heterocycles. The Morgan fingerprint density at radius 2 is 1.49 bits per heavy atom. The molecule has 35 heavy (non-hydrogen) atoms. The van der Waals surface area contributed by atoms with Crippen molar-refractivity contribution in [3.8, 4) is 11.5 Å². The van der Waals surface area contributed by atoms with E-state index in [1.807, 2.05) is 6.07 Å². The zero-order valence-corrected chi connectivity index (χ0v) is 19.1. The monoisotopic (exact) mass is 479 g/mol. The molecule has 1 aliphatic heterocycles. The first-order chi connectivity index (χ1) is 16.8. The highest BCUT2D eigenvalue weighted by Gasteiger charge is 2.45. The van der Waals surface area contributed by atoms with Crippen LogP contribution in [0.1, 0.15) is 22.7 Å². The Kier molecular flexibility index (Phi) is 6.82. The van der Waals surface area contributed by atoms with E-state index in [4.69, 9.17) is 9.47 Å². The zero-order chi connectivity index (χ0) is 25.1. The van der Waals surface area contributed by atoms with Crippen molar-refractivity contribution < 1.29 is 33.0 Å². The number of nitrogens with zero attached hydrogens (tertiary/aromatic N) is 1. The summed E-state index contributed by atoms with van der Waals surface area (Å²) in [4.78, 5) is 27.5. The number of carbonyl (C=O) groups is 2. The fraction of sp³-hybridized carbons (Fsp3) is 0.185. The van der Waals surface area contributed by atoms with E-state index in [0.29, 0.717) is 23.5 Å². The minimum Gasteiger partial charge on any atom is -0.507 e. The van der Waals surface area contributed by atoms with Crippen molar-refractivity contribution in [3.05, 3.63) is 101 Å². The lowest BCUT2D eigenvalue weighted by Gasteiger charge is -2.25. The molecule has 3 aromatic carbocycles. The normalized spacial score (nSPS) is 17.0. The zero-order valence-electron chi connectivity index (χ0n) is 19.1. The summed E-state index contributed by atoms with van der Waals surface area (Å²) in [5, 5.41) is 11.0. The van der Waals surface area contributed by atoms with Crippen LogP contribution >= 0.6 is 0 Å². The molecule has 180 valence electrons. The first kappa shape index (κ1) is 23.9. The second-order valence-corrected chi connectivity index (χ2v) is 7.99. The van der Waals surface area contributed by atoms with Crippen LogP contribution < -0.4 is 9.47 Å². The Balaban J connectivity index is 1.73. The van der Waals surface area contributed by atoms with Crippen LogP contribution in [-0.4, -0.2) is 42.5 Å². The molecule has 0 bridgehead atoms. The predicted molar refractivity (Wildman–Crippen MR) is 125 cm³/mol. The summed E-state index contributed by atoms with van der Waals surface area (Å²) in [5.41, 5.74) is 1.35. The number of carbonyl (C=O) groups excluding carboxylic acids is 2. The summed E-state index contributed by atoms with van der Waals surface area (Å²) < 4.78 is 37.6. The van der Waals surface area contributed by atoms with Gasteiger partial charge in [0, 0.05) is 12.1 Å². The van der Waals surface area contributed by atoms with E-state index >= 15 is 0 Å². The largest absolute Gasteiger partial charge is 0.507 e. The van der Waals surface area contributed by atoms with E-state index in [0.717, 1.165) is 17.7 Å². The van der Waals surface area contributed by atoms with E-state index in [2.05, 4.69) is 0 Å². The van der Waals surface area contributed by atoms with E-state index in [9.17, 15) is 23.5 Å². The number of hydrogen-bond acceptors (Lipinski definition) is 5. The number of halogens is 2. The number of hydrogen-bond donors (Lipinski definition) is 1. The molecule has 1 aliphatic rings. The maximum atomic E-state index is 13.6. The van der Waals surface area contributed by atoms with Crippen LogP contribution in [0.4, 0.5) is 8.78 Å². The number of aliphatic hydroxyl groups excluding tert-OH is 1. The minimum atomic E-state index is -0.944. The average Bonchev–Trinajstić information content (AvgIpc) is 3.12. The van der Waals surface area contributed by atoms with Crippen molar-refractivity contribution in [2.75, 3.05) is 20.8 Å². The Morgan fingerprint density at radius 3 is 2.09 bits per heavy atom. The van der Waals surface area contributed by atoms with E-state index in [1.165, 1.54) is 55.5 Å². The van der Waals surface area contributed by atoms with Gasteiger partial charge < -0.3 is 19.5 Å². The van der Waals surface area contributed by atoms with Gasteiger partial charge in [-0.05, 0) is 66.1 Å². The van der Waals surface area contributed by atoms with E-state index < -0.39 is 35.1 Å². The molecule has 0 radical (unpaired) electrons. The van der Waals surface area contributed by atoms with Crippen LogP contribution in [0.25, 0.3) is 5.76 Å². The van der Waals surface area contributed by atoms with Crippen molar-refractivity contribution in [2.45, 2.75) is 12.5 Å². The highest BCUT2D eigenvalue weighted by molar-refractivity contribution is 6.46. The maximum absolute atomic E-state index is 13.6. The summed E-state index contributed by atoms with van der Waals surface area (Å²) in [5.74, 6) is -1.98. The maximum Gasteiger partial charge on any atom is 0.295 e. The quantitative estimate of drug-likeness (QED) is 0.303. The summed E-state index contributed by atoms with van der Waals surface area (Å²) in [6.45, 7) is 0.141. The summed E-state index contributed by atoms with van der Waals surface area (Å²) in [7, 11) is 3.05. The number of rotatable bonds is 7. The number of methoxy groups -OCH3 is 2. The molecule has 1 amide bonds. The Hall–Kier alpha value is -4.20. The van der Waals surface area contributed by atoms with Gasteiger partial charge in [-0.3, -0.25) is 9.59 Å². The fourth-order valence-corrected chi connectivity index (χ4v) is 4.15. The first-order valence-corrected chi connectivity index (χ1v) is 10.8. The van der Waals surface area contributed by atoms with Crippen LogP contribution in [0.5, 0.6) is 11.5 Å². The molecular formula is C27H23F2NO5. The predicted octanol–water partition coefficient (Wildman–Crippen LogP) is 4.65. The standard InChI is InChI=1S/C27H23F2NO5/c1-34-21-12-3-16(15-22(21)35-2)13-14-30-24(17-4-8-19(28)9-5-17)23(26(32)27(30)33)25(31)18-6-10-20(29)11-7-18/h3-12,15,24,31H,13-14H2,1-2H3/b25-23+. The highest BCUT2D eigenvalue weighted by atomic mass is 19.1. The molecule has 8 heteroatoms. The van der Waals surface area contributed by atoms with Crippen LogP contribution in [0.15, 0.2) is 72.3 Å². The van der Waals surface area contributed by atoms with Crippen molar-refractivity contribution in [3.63, 3.8) is 0 Å². The molecule has 1 heterocycles. The first-order valence-electron chi connectivity index (χ1n) is 10.8. The van der Waals surface area contributed by atoms with Gasteiger partial charge in [-0.1, -0.05) is 18.2 Å². The molecule has 1 N–H and O–H groups in total. The lowest BCUT2D eigenvalue weighted by atomic mass is 9.95. The van der Waals surface area contributed by atoms with Gasteiger partial charge in [-0.15, -0.1) is 0 Å². The van der Waals surface area contributed by atoms with Crippen LogP contribution in [0.2, 0.25) is 0 Å². The molecule has 4 rings (SSSR count). The lowest BCUT2D eigenvalue weighted by Crippen LogP contribution is -2.31. The Bertz CT molecular complexity index is 1290. The highest BCUT2D eigenvalue weighted by Crippen LogP contribution is 2.39.